The Morgan fingerprint density at radius 2 is 2.50 bits per heavy atom. The molecule has 72 valence electrons. The highest BCUT2D eigenvalue weighted by Gasteiger charge is 2.20. The van der Waals surface area contributed by atoms with Crippen molar-refractivity contribution in [3.63, 3.8) is 0 Å². The maximum atomic E-state index is 5.49. The molecular formula is C8H11BN4O. The minimum Gasteiger partial charge on any atom is -0.485 e. The molecule has 0 bridgehead atoms. The van der Waals surface area contributed by atoms with Gasteiger partial charge in [-0.2, -0.15) is 0 Å². The lowest BCUT2D eigenvalue weighted by molar-refractivity contribution is 0.309. The summed E-state index contributed by atoms with van der Waals surface area (Å²) in [5.74, 6) is 2.15. The summed E-state index contributed by atoms with van der Waals surface area (Å²) in [4.78, 5) is 10.2. The predicted octanol–water partition coefficient (Wildman–Crippen LogP) is -0.157. The van der Waals surface area contributed by atoms with Crippen LogP contribution in [0.1, 0.15) is 0 Å². The number of nitrogens with one attached hydrogen (secondary N) is 1. The van der Waals surface area contributed by atoms with E-state index in [1.807, 2.05) is 11.9 Å². The Morgan fingerprint density at radius 1 is 1.64 bits per heavy atom. The molecule has 0 aliphatic carbocycles. The Balaban J connectivity index is 2.39. The first kappa shape index (κ1) is 9.11. The van der Waals surface area contributed by atoms with Crippen molar-refractivity contribution < 1.29 is 4.74 Å². The first-order valence-corrected chi connectivity index (χ1v) is 4.46. The van der Waals surface area contributed by atoms with Crippen LogP contribution < -0.4 is 15.0 Å². The summed E-state index contributed by atoms with van der Waals surface area (Å²) in [6.45, 7) is 1.49. The van der Waals surface area contributed by atoms with Crippen LogP contribution in [0.3, 0.4) is 0 Å². The van der Waals surface area contributed by atoms with Crippen molar-refractivity contribution in [3.05, 3.63) is 6.33 Å². The third kappa shape index (κ3) is 1.47. The number of hydrogen-bond acceptors (Lipinski definition) is 5. The largest absolute Gasteiger partial charge is 0.485 e. The van der Waals surface area contributed by atoms with Gasteiger partial charge in [0.1, 0.15) is 12.9 Å². The van der Waals surface area contributed by atoms with Gasteiger partial charge >= 0.3 is 0 Å². The molecule has 0 spiro atoms. The van der Waals surface area contributed by atoms with Crippen LogP contribution >= 0.6 is 0 Å². The number of ether oxygens (including phenoxy) is 1. The van der Waals surface area contributed by atoms with Crippen molar-refractivity contribution in [2.75, 3.05) is 36.9 Å². The van der Waals surface area contributed by atoms with Crippen molar-refractivity contribution in [3.8, 4) is 5.75 Å². The standard InChI is InChI=1S/C8H11BN4O/c1-13-2-3-14-6-7(10-4-9)11-5-12-8(6)13/h5H,2-4H2,1H3,(H,10,11,12). The summed E-state index contributed by atoms with van der Waals surface area (Å²) in [6.07, 6.45) is 1.83. The van der Waals surface area contributed by atoms with Gasteiger partial charge in [0.15, 0.2) is 11.6 Å². The third-order valence-corrected chi connectivity index (χ3v) is 2.09. The molecule has 0 saturated heterocycles. The summed E-state index contributed by atoms with van der Waals surface area (Å²) >= 11 is 0. The van der Waals surface area contributed by atoms with E-state index >= 15 is 0 Å². The lowest BCUT2D eigenvalue weighted by Gasteiger charge is -2.27. The van der Waals surface area contributed by atoms with E-state index in [-0.39, 0.29) is 0 Å². The zero-order chi connectivity index (χ0) is 9.97. The van der Waals surface area contributed by atoms with Crippen LogP contribution in [0.25, 0.3) is 0 Å². The van der Waals surface area contributed by atoms with E-state index in [0.29, 0.717) is 24.6 Å². The third-order valence-electron chi connectivity index (χ3n) is 2.09. The fourth-order valence-corrected chi connectivity index (χ4v) is 1.38. The molecule has 2 heterocycles. The summed E-state index contributed by atoms with van der Waals surface area (Å²) in [5, 5.41) is 2.93. The van der Waals surface area contributed by atoms with Crippen molar-refractivity contribution >= 4 is 19.5 Å². The predicted molar refractivity (Wildman–Crippen MR) is 55.0 cm³/mol. The van der Waals surface area contributed by atoms with Gasteiger partial charge in [-0.1, -0.05) is 0 Å². The van der Waals surface area contributed by atoms with Crippen LogP contribution in [-0.4, -0.2) is 44.5 Å². The Morgan fingerprint density at radius 3 is 3.29 bits per heavy atom. The van der Waals surface area contributed by atoms with E-state index < -0.39 is 0 Å². The highest BCUT2D eigenvalue weighted by atomic mass is 16.5. The van der Waals surface area contributed by atoms with Crippen LogP contribution in [0, 0.1) is 0 Å². The molecule has 2 radical (unpaired) electrons. The number of hydrogen-bond donors (Lipinski definition) is 1. The molecule has 5 nitrogen and oxygen atoms in total. The van der Waals surface area contributed by atoms with Gasteiger partial charge in [0.25, 0.3) is 0 Å². The zero-order valence-corrected chi connectivity index (χ0v) is 8.03. The fraction of sp³-hybridized carbons (Fsp3) is 0.500. The maximum Gasteiger partial charge on any atom is 0.204 e. The number of likely N-dealkylation sites (N-methyl/N-ethyl adjacent to an activating group) is 1. The zero-order valence-electron chi connectivity index (χ0n) is 8.03. The average molecular weight is 190 g/mol. The van der Waals surface area contributed by atoms with Gasteiger partial charge in [-0.05, 0) is 6.44 Å². The van der Waals surface area contributed by atoms with Crippen molar-refractivity contribution in [2.45, 2.75) is 0 Å². The summed E-state index contributed by atoms with van der Waals surface area (Å²) in [5.41, 5.74) is 0. The molecule has 0 aromatic carbocycles. The average Bonchev–Trinajstić information content (AvgIpc) is 2.20. The van der Waals surface area contributed by atoms with Crippen LogP contribution in [-0.2, 0) is 0 Å². The molecule has 0 amide bonds. The molecule has 6 heteroatoms. The highest BCUT2D eigenvalue weighted by molar-refractivity contribution is 6.10. The number of nitrogens with zero attached hydrogens (tertiary/aromatic N) is 3. The van der Waals surface area contributed by atoms with Crippen LogP contribution in [0.5, 0.6) is 5.75 Å². The minimum atomic E-state index is 0.330. The molecule has 0 atom stereocenters. The quantitative estimate of drug-likeness (QED) is 0.656. The normalized spacial score (nSPS) is 14.5. The van der Waals surface area contributed by atoms with Crippen LogP contribution in [0.2, 0.25) is 0 Å². The number of anilines is 2. The molecule has 0 unspecified atom stereocenters. The summed E-state index contributed by atoms with van der Waals surface area (Å²) in [7, 11) is 7.36. The van der Waals surface area contributed by atoms with E-state index in [1.165, 1.54) is 6.33 Å². The summed E-state index contributed by atoms with van der Waals surface area (Å²) < 4.78 is 5.49. The molecular weight excluding hydrogens is 179 g/mol. The Labute approximate surface area is 83.9 Å². The number of fused-ring (bicyclic) bond motifs is 1. The second-order valence-corrected chi connectivity index (χ2v) is 3.03. The molecule has 0 saturated carbocycles. The van der Waals surface area contributed by atoms with E-state index in [0.717, 1.165) is 12.4 Å². The van der Waals surface area contributed by atoms with E-state index in [9.17, 15) is 0 Å². The minimum absolute atomic E-state index is 0.330. The van der Waals surface area contributed by atoms with Crippen LogP contribution in [0.4, 0.5) is 11.6 Å². The second-order valence-electron chi connectivity index (χ2n) is 3.03. The van der Waals surface area contributed by atoms with Gasteiger partial charge in [-0.15, -0.1) is 0 Å². The van der Waals surface area contributed by atoms with E-state index in [4.69, 9.17) is 12.6 Å². The monoisotopic (exact) mass is 190 g/mol. The molecule has 14 heavy (non-hydrogen) atoms. The molecule has 1 N–H and O–H groups in total. The molecule has 1 aliphatic rings. The molecule has 1 aromatic heterocycles. The first-order chi connectivity index (χ1) is 6.83. The second kappa shape index (κ2) is 3.73. The smallest absolute Gasteiger partial charge is 0.204 e. The SMILES string of the molecule is [B]CNc1ncnc2c1OCCN2C. The maximum absolute atomic E-state index is 5.49. The molecule has 1 aliphatic heterocycles. The lowest BCUT2D eigenvalue weighted by Crippen LogP contribution is -2.30. The van der Waals surface area contributed by atoms with Gasteiger partial charge in [-0.3, -0.25) is 0 Å². The Bertz CT molecular complexity index is 333. The van der Waals surface area contributed by atoms with Gasteiger partial charge in [0.2, 0.25) is 5.75 Å². The van der Waals surface area contributed by atoms with E-state index in [2.05, 4.69) is 15.3 Å². The first-order valence-electron chi connectivity index (χ1n) is 4.46. The topological polar surface area (TPSA) is 50.3 Å². The summed E-state index contributed by atoms with van der Waals surface area (Å²) in [6, 6.07) is 0. The number of aromatic nitrogens is 2. The van der Waals surface area contributed by atoms with Gasteiger partial charge < -0.3 is 15.0 Å². The van der Waals surface area contributed by atoms with Crippen molar-refractivity contribution in [1.29, 1.82) is 0 Å². The fourth-order valence-electron chi connectivity index (χ4n) is 1.38. The molecule has 1 aromatic rings. The Kier molecular flexibility index (Phi) is 2.43. The van der Waals surface area contributed by atoms with Gasteiger partial charge in [-0.25, -0.2) is 9.97 Å². The molecule has 2 rings (SSSR count). The van der Waals surface area contributed by atoms with Gasteiger partial charge in [0.05, 0.1) is 14.4 Å². The van der Waals surface area contributed by atoms with Crippen LogP contribution in [0.15, 0.2) is 6.33 Å². The van der Waals surface area contributed by atoms with Crippen molar-refractivity contribution in [2.24, 2.45) is 0 Å². The van der Waals surface area contributed by atoms with Crippen molar-refractivity contribution in [1.82, 2.24) is 9.97 Å². The molecule has 0 fully saturated rings. The highest BCUT2D eigenvalue weighted by Crippen LogP contribution is 2.33. The lowest BCUT2D eigenvalue weighted by atomic mass is 10.2. The number of rotatable bonds is 2. The van der Waals surface area contributed by atoms with E-state index in [1.54, 1.807) is 0 Å². The Hall–Kier alpha value is -1.46. The van der Waals surface area contributed by atoms with Gasteiger partial charge in [0, 0.05) is 7.05 Å².